The highest BCUT2D eigenvalue weighted by Crippen LogP contribution is 2.47. The molecule has 43 heavy (non-hydrogen) atoms. The summed E-state index contributed by atoms with van der Waals surface area (Å²) in [5.41, 5.74) is 6.09. The summed E-state index contributed by atoms with van der Waals surface area (Å²) in [7, 11) is 3.37. The Morgan fingerprint density at radius 3 is 2.67 bits per heavy atom. The van der Waals surface area contributed by atoms with Crippen LogP contribution in [0.3, 0.4) is 0 Å². The monoisotopic (exact) mass is 592 g/mol. The van der Waals surface area contributed by atoms with Crippen molar-refractivity contribution in [2.45, 2.75) is 52.6 Å². The summed E-state index contributed by atoms with van der Waals surface area (Å²) in [6, 6.07) is 8.54. The van der Waals surface area contributed by atoms with Gasteiger partial charge in [0, 0.05) is 69.2 Å². The van der Waals surface area contributed by atoms with E-state index in [2.05, 4.69) is 74.2 Å². The van der Waals surface area contributed by atoms with Crippen LogP contribution >= 0.6 is 0 Å². The maximum Gasteiger partial charge on any atom is 0.431 e. The summed E-state index contributed by atoms with van der Waals surface area (Å²) in [4.78, 5) is 9.20. The number of aromatic nitrogens is 2. The molecule has 1 saturated heterocycles. The fraction of sp³-hybridized carbons (Fsp3) is 0.471. The van der Waals surface area contributed by atoms with Crippen LogP contribution in [-0.2, 0) is 22.4 Å². The van der Waals surface area contributed by atoms with Crippen molar-refractivity contribution in [3.8, 4) is 11.8 Å². The summed E-state index contributed by atoms with van der Waals surface area (Å²) in [5, 5.41) is 0. The lowest BCUT2D eigenvalue weighted by molar-refractivity contribution is -0.0871. The minimum atomic E-state index is -4.50. The Morgan fingerprint density at radius 1 is 1.16 bits per heavy atom. The lowest BCUT2D eigenvalue weighted by atomic mass is 9.67. The highest BCUT2D eigenvalue weighted by atomic mass is 19.4. The fourth-order valence-corrected chi connectivity index (χ4v) is 6.31. The van der Waals surface area contributed by atoms with Crippen molar-refractivity contribution in [1.82, 2.24) is 14.5 Å². The van der Waals surface area contributed by atoms with Crippen molar-refractivity contribution < 1.29 is 22.6 Å². The van der Waals surface area contributed by atoms with Crippen molar-refractivity contribution >= 4 is 5.69 Å². The van der Waals surface area contributed by atoms with E-state index >= 15 is 0 Å². The van der Waals surface area contributed by atoms with Gasteiger partial charge in [0.15, 0.2) is 0 Å². The second-order valence-corrected chi connectivity index (χ2v) is 11.8. The minimum absolute atomic E-state index is 0.0114. The Labute approximate surface area is 252 Å². The Morgan fingerprint density at radius 2 is 1.98 bits per heavy atom. The molecule has 1 aliphatic heterocycles. The molecule has 2 heterocycles. The second-order valence-electron chi connectivity index (χ2n) is 11.8. The van der Waals surface area contributed by atoms with E-state index in [1.807, 2.05) is 25.5 Å². The van der Waals surface area contributed by atoms with Crippen molar-refractivity contribution in [1.29, 1.82) is 0 Å². The number of piperazine rings is 1. The minimum Gasteiger partial charge on any atom is -0.500 e. The van der Waals surface area contributed by atoms with E-state index in [1.54, 1.807) is 21.1 Å². The molecule has 0 radical (unpaired) electrons. The number of benzene rings is 1. The maximum atomic E-state index is 13.2. The number of methoxy groups -OCH3 is 2. The maximum absolute atomic E-state index is 13.2. The van der Waals surface area contributed by atoms with Crippen molar-refractivity contribution in [2.75, 3.05) is 45.3 Å². The first kappa shape index (κ1) is 30.7. The van der Waals surface area contributed by atoms with Gasteiger partial charge in [0.05, 0.1) is 19.4 Å². The van der Waals surface area contributed by atoms with Gasteiger partial charge in [0.1, 0.15) is 17.6 Å². The van der Waals surface area contributed by atoms with E-state index in [0.717, 1.165) is 43.9 Å². The quantitative estimate of drug-likeness (QED) is 0.262. The predicted molar refractivity (Wildman–Crippen MR) is 161 cm³/mol. The molecule has 0 spiro atoms. The largest absolute Gasteiger partial charge is 0.500 e. The van der Waals surface area contributed by atoms with Crippen LogP contribution in [0.2, 0.25) is 0 Å². The Balaban J connectivity index is 1.22. The highest BCUT2D eigenvalue weighted by molar-refractivity contribution is 5.49. The molecule has 0 bridgehead atoms. The zero-order valence-corrected chi connectivity index (χ0v) is 25.5. The van der Waals surface area contributed by atoms with Gasteiger partial charge in [-0.05, 0) is 55.2 Å². The smallest absolute Gasteiger partial charge is 0.431 e. The number of hydrogen-bond donors (Lipinski definition) is 0. The van der Waals surface area contributed by atoms with Crippen molar-refractivity contribution in [3.63, 3.8) is 0 Å². The SMILES string of the molecule is COC1=CC(Cn2cncc2CCN2CCN(c3cccc(C)c3)C(OC)C2)=CCC1(C)C1C#CC(C(F)(F)F)=C=C1C. The number of aryl methyl sites for hydroxylation is 1. The van der Waals surface area contributed by atoms with Crippen LogP contribution < -0.4 is 4.90 Å². The molecule has 2 aliphatic carbocycles. The van der Waals surface area contributed by atoms with Gasteiger partial charge in [-0.15, -0.1) is 0 Å². The third-order valence-electron chi connectivity index (χ3n) is 8.77. The molecule has 0 N–H and O–H groups in total. The number of nitrogens with zero attached hydrogens (tertiary/aromatic N) is 4. The Hall–Kier alpha value is -3.70. The molecule has 3 unspecified atom stereocenters. The highest BCUT2D eigenvalue weighted by Gasteiger charge is 2.42. The van der Waals surface area contributed by atoms with Gasteiger partial charge in [-0.25, -0.2) is 4.98 Å². The molecule has 5 rings (SSSR count). The summed E-state index contributed by atoms with van der Waals surface area (Å²) in [5.74, 6) is 5.44. The van der Waals surface area contributed by atoms with Gasteiger partial charge in [-0.3, -0.25) is 4.90 Å². The fourth-order valence-electron chi connectivity index (χ4n) is 6.31. The van der Waals surface area contributed by atoms with E-state index in [1.165, 1.54) is 11.3 Å². The average Bonchev–Trinajstić information content (AvgIpc) is 3.43. The molecule has 1 aromatic carbocycles. The van der Waals surface area contributed by atoms with E-state index in [-0.39, 0.29) is 6.23 Å². The van der Waals surface area contributed by atoms with Crippen molar-refractivity contribution in [3.05, 3.63) is 88.4 Å². The Bertz CT molecular complexity index is 1540. The molecule has 1 aromatic heterocycles. The number of hydrogen-bond acceptors (Lipinski definition) is 5. The summed E-state index contributed by atoms with van der Waals surface area (Å²) in [6.45, 7) is 9.94. The van der Waals surface area contributed by atoms with Crippen LogP contribution in [0.4, 0.5) is 18.9 Å². The molecular weight excluding hydrogens is 553 g/mol. The number of alkyl halides is 3. The number of halogens is 3. The molecule has 0 amide bonds. The number of anilines is 1. The lowest BCUT2D eigenvalue weighted by Gasteiger charge is -2.42. The number of imidazole rings is 1. The Kier molecular flexibility index (Phi) is 8.94. The van der Waals surface area contributed by atoms with E-state index in [9.17, 15) is 13.2 Å². The molecule has 9 heteroatoms. The van der Waals surface area contributed by atoms with Crippen LogP contribution in [-0.4, -0.2) is 67.3 Å². The zero-order valence-electron chi connectivity index (χ0n) is 25.5. The van der Waals surface area contributed by atoms with Gasteiger partial charge in [0.25, 0.3) is 0 Å². The summed E-state index contributed by atoms with van der Waals surface area (Å²) < 4.78 is 53.4. The van der Waals surface area contributed by atoms with Gasteiger partial charge >= 0.3 is 6.18 Å². The van der Waals surface area contributed by atoms with Crippen LogP contribution in [0.15, 0.2) is 77.2 Å². The number of ether oxygens (including phenoxy) is 2. The van der Waals surface area contributed by atoms with Gasteiger partial charge in [-0.2, -0.15) is 13.2 Å². The molecule has 6 nitrogen and oxygen atoms in total. The van der Waals surface area contributed by atoms with Crippen LogP contribution in [0, 0.1) is 30.1 Å². The first-order chi connectivity index (χ1) is 20.5. The number of allylic oxidation sites excluding steroid dienone is 5. The first-order valence-electron chi connectivity index (χ1n) is 14.6. The average molecular weight is 593 g/mol. The third kappa shape index (κ3) is 6.62. The van der Waals surface area contributed by atoms with E-state index < -0.39 is 23.1 Å². The topological polar surface area (TPSA) is 42.8 Å². The molecule has 1 fully saturated rings. The normalized spacial score (nSPS) is 24.4. The predicted octanol–water partition coefficient (Wildman–Crippen LogP) is 6.06. The second kappa shape index (κ2) is 12.5. The summed E-state index contributed by atoms with van der Waals surface area (Å²) >= 11 is 0. The van der Waals surface area contributed by atoms with Gasteiger partial charge in [0.2, 0.25) is 0 Å². The molecular formula is C34H39F3N4O2. The van der Waals surface area contributed by atoms with Gasteiger partial charge < -0.3 is 18.9 Å². The van der Waals surface area contributed by atoms with Gasteiger partial charge in [-0.1, -0.05) is 42.7 Å². The van der Waals surface area contributed by atoms with Crippen LogP contribution in [0.25, 0.3) is 0 Å². The molecule has 0 saturated carbocycles. The lowest BCUT2D eigenvalue weighted by Crippen LogP contribution is -2.54. The molecule has 3 aliphatic rings. The zero-order chi connectivity index (χ0) is 30.8. The third-order valence-corrected chi connectivity index (χ3v) is 8.77. The van der Waals surface area contributed by atoms with Crippen LogP contribution in [0.1, 0.15) is 31.5 Å². The van der Waals surface area contributed by atoms with E-state index in [4.69, 9.17) is 9.47 Å². The van der Waals surface area contributed by atoms with Crippen LogP contribution in [0.5, 0.6) is 0 Å². The van der Waals surface area contributed by atoms with E-state index in [0.29, 0.717) is 24.3 Å². The molecule has 228 valence electrons. The molecule has 2 aromatic rings. The summed E-state index contributed by atoms with van der Waals surface area (Å²) in [6.07, 6.45) is 4.84. The molecule has 3 atom stereocenters. The number of rotatable bonds is 9. The standard InChI is InChI=1S/C34H39F3N4O2/c1-24-7-6-8-28(17-24)41-16-15-39(22-32(41)43-5)14-12-29-20-38-23-40(29)21-26-11-13-33(3,31(19-26)42-4)30-10-9-27(18-25(30)2)34(35,36)37/h6-8,11,17,19-20,23,30,32H,12-16,21-22H2,1-5H3. The first-order valence-corrected chi connectivity index (χ1v) is 14.6. The van der Waals surface area contributed by atoms with Crippen molar-refractivity contribution in [2.24, 2.45) is 11.3 Å².